The van der Waals surface area contributed by atoms with Crippen molar-refractivity contribution < 1.29 is 16.1 Å². The van der Waals surface area contributed by atoms with Crippen molar-refractivity contribution in [3.63, 3.8) is 0 Å². The SMILES string of the molecule is CC.Cc1ccc(C(=O)Nc2cccc(S(=O)(=O)NC(C)(C)C)c2)c(N2CCC3(CC2)CC3)c1.[HH].[HH]. The zero-order valence-corrected chi connectivity index (χ0v) is 22.2. The fourth-order valence-corrected chi connectivity index (χ4v) is 5.86. The minimum Gasteiger partial charge on any atom is -0.371 e. The molecule has 0 aromatic heterocycles. The first-order valence-corrected chi connectivity index (χ1v) is 13.8. The van der Waals surface area contributed by atoms with Crippen molar-refractivity contribution in [1.82, 2.24) is 4.72 Å². The van der Waals surface area contributed by atoms with Crippen LogP contribution in [0, 0.1) is 12.3 Å². The van der Waals surface area contributed by atoms with Gasteiger partial charge in [-0.2, -0.15) is 0 Å². The van der Waals surface area contributed by atoms with Gasteiger partial charge >= 0.3 is 0 Å². The van der Waals surface area contributed by atoms with Crippen LogP contribution in [0.3, 0.4) is 0 Å². The molecule has 2 fully saturated rings. The lowest BCUT2D eigenvalue weighted by Gasteiger charge is -2.35. The summed E-state index contributed by atoms with van der Waals surface area (Å²) in [5, 5.41) is 2.90. The molecule has 4 rings (SSSR count). The summed E-state index contributed by atoms with van der Waals surface area (Å²) in [4.78, 5) is 15.7. The van der Waals surface area contributed by atoms with Crippen molar-refractivity contribution in [2.75, 3.05) is 23.3 Å². The second-order valence-corrected chi connectivity index (χ2v) is 12.0. The number of rotatable bonds is 5. The number of aryl methyl sites for hydroxylation is 1. The second kappa shape index (κ2) is 10.1. The normalized spacial score (nSPS) is 17.1. The van der Waals surface area contributed by atoms with Gasteiger partial charge in [0.25, 0.3) is 5.91 Å². The predicted octanol–water partition coefficient (Wildman–Crippen LogP) is 6.22. The number of nitrogens with zero attached hydrogens (tertiary/aromatic N) is 1. The number of sulfonamides is 1. The first-order chi connectivity index (χ1) is 16.0. The summed E-state index contributed by atoms with van der Waals surface area (Å²) < 4.78 is 28.0. The molecular formula is C27H43N3O3S. The van der Waals surface area contributed by atoms with Gasteiger partial charge in [0.2, 0.25) is 10.0 Å². The summed E-state index contributed by atoms with van der Waals surface area (Å²) in [5.41, 5.74) is 3.11. The summed E-state index contributed by atoms with van der Waals surface area (Å²) in [7, 11) is -3.69. The standard InChI is InChI=1S/C25H33N3O3S.C2H6.2H2/c1-18-8-9-21(22(16-18)28-14-12-25(10-11-25)13-15-28)23(29)26-19-6-5-7-20(17-19)32(30,31)27-24(2,3)4;1-2;;/h5-9,16-17,27H,10-15H2,1-4H3,(H,26,29);1-2H3;2*1H. The van der Waals surface area contributed by atoms with Crippen molar-refractivity contribution in [2.45, 2.75) is 77.7 Å². The van der Waals surface area contributed by atoms with Gasteiger partial charge in [0.05, 0.1) is 10.5 Å². The first kappa shape index (κ1) is 26.2. The Hall–Kier alpha value is -2.38. The van der Waals surface area contributed by atoms with Gasteiger partial charge in [0.15, 0.2) is 0 Å². The van der Waals surface area contributed by atoms with E-state index in [0.29, 0.717) is 16.7 Å². The summed E-state index contributed by atoms with van der Waals surface area (Å²) >= 11 is 0. The lowest BCUT2D eigenvalue weighted by atomic mass is 9.92. The Kier molecular flexibility index (Phi) is 7.78. The number of amides is 1. The van der Waals surface area contributed by atoms with Crippen LogP contribution in [0.1, 0.15) is 79.1 Å². The highest BCUT2D eigenvalue weighted by Gasteiger charge is 2.44. The van der Waals surface area contributed by atoms with Crippen LogP contribution in [0.5, 0.6) is 0 Å². The minimum atomic E-state index is -3.69. The van der Waals surface area contributed by atoms with Crippen molar-refractivity contribution in [1.29, 1.82) is 0 Å². The van der Waals surface area contributed by atoms with Gasteiger partial charge < -0.3 is 10.2 Å². The van der Waals surface area contributed by atoms with Gasteiger partial charge in [-0.25, -0.2) is 13.1 Å². The van der Waals surface area contributed by atoms with Crippen molar-refractivity contribution in [2.24, 2.45) is 5.41 Å². The van der Waals surface area contributed by atoms with Gasteiger partial charge in [0.1, 0.15) is 0 Å². The number of piperidine rings is 1. The van der Waals surface area contributed by atoms with E-state index in [1.165, 1.54) is 37.8 Å². The zero-order chi connectivity index (χ0) is 25.1. The van der Waals surface area contributed by atoms with E-state index in [1.807, 2.05) is 32.9 Å². The molecule has 2 aliphatic rings. The molecule has 2 aromatic carbocycles. The van der Waals surface area contributed by atoms with Crippen molar-refractivity contribution in [3.05, 3.63) is 53.6 Å². The van der Waals surface area contributed by atoms with Gasteiger partial charge in [-0.05, 0) is 94.7 Å². The van der Waals surface area contributed by atoms with Crippen LogP contribution in [0.25, 0.3) is 0 Å². The average molecular weight is 490 g/mol. The number of nitrogens with one attached hydrogen (secondary N) is 2. The van der Waals surface area contributed by atoms with E-state index in [2.05, 4.69) is 21.0 Å². The maximum absolute atomic E-state index is 13.2. The van der Waals surface area contributed by atoms with E-state index in [9.17, 15) is 13.2 Å². The summed E-state index contributed by atoms with van der Waals surface area (Å²) in [6.45, 7) is 13.3. The van der Waals surface area contributed by atoms with E-state index in [4.69, 9.17) is 0 Å². The largest absolute Gasteiger partial charge is 0.371 e. The Balaban J connectivity index is 0.00000158. The highest BCUT2D eigenvalue weighted by atomic mass is 32.2. The smallest absolute Gasteiger partial charge is 0.257 e. The van der Waals surface area contributed by atoms with E-state index >= 15 is 0 Å². The third kappa shape index (κ3) is 6.39. The molecule has 2 N–H and O–H groups in total. The van der Waals surface area contributed by atoms with E-state index in [-0.39, 0.29) is 13.7 Å². The molecule has 6 nitrogen and oxygen atoms in total. The summed E-state index contributed by atoms with van der Waals surface area (Å²) in [6, 6.07) is 12.3. The molecule has 0 bridgehead atoms. The molecule has 1 spiro atoms. The van der Waals surface area contributed by atoms with Crippen LogP contribution < -0.4 is 14.9 Å². The number of anilines is 2. The molecule has 0 unspecified atom stereocenters. The molecule has 1 heterocycles. The number of carbonyl (C=O) groups is 1. The molecule has 2 aromatic rings. The first-order valence-electron chi connectivity index (χ1n) is 12.3. The third-order valence-corrected chi connectivity index (χ3v) is 8.12. The van der Waals surface area contributed by atoms with Crippen molar-refractivity contribution in [3.8, 4) is 0 Å². The van der Waals surface area contributed by atoms with E-state index in [0.717, 1.165) is 24.3 Å². The van der Waals surface area contributed by atoms with Crippen LogP contribution >= 0.6 is 0 Å². The molecule has 1 aliphatic heterocycles. The van der Waals surface area contributed by atoms with Crippen LogP contribution in [0.2, 0.25) is 0 Å². The van der Waals surface area contributed by atoms with Gasteiger partial charge in [0, 0.05) is 32.9 Å². The zero-order valence-electron chi connectivity index (χ0n) is 21.4. The fourth-order valence-electron chi connectivity index (χ4n) is 4.40. The van der Waals surface area contributed by atoms with Crippen LogP contribution in [0.4, 0.5) is 11.4 Å². The van der Waals surface area contributed by atoms with Gasteiger partial charge in [-0.15, -0.1) is 0 Å². The maximum atomic E-state index is 13.2. The summed E-state index contributed by atoms with van der Waals surface area (Å²) in [6.07, 6.45) is 5.04. The molecule has 1 saturated heterocycles. The molecule has 0 radical (unpaired) electrons. The summed E-state index contributed by atoms with van der Waals surface area (Å²) in [5.74, 6) is -0.231. The molecule has 1 amide bonds. The molecule has 0 atom stereocenters. The topological polar surface area (TPSA) is 78.5 Å². The molecule has 1 saturated carbocycles. The number of benzene rings is 2. The Labute approximate surface area is 208 Å². The highest BCUT2D eigenvalue weighted by Crippen LogP contribution is 2.54. The lowest BCUT2D eigenvalue weighted by Crippen LogP contribution is -2.40. The van der Waals surface area contributed by atoms with Crippen molar-refractivity contribution >= 4 is 27.3 Å². The Bertz CT molecular complexity index is 1130. The minimum absolute atomic E-state index is 0. The molecular weight excluding hydrogens is 446 g/mol. The maximum Gasteiger partial charge on any atom is 0.257 e. The molecule has 1 aliphatic carbocycles. The monoisotopic (exact) mass is 489 g/mol. The van der Waals surface area contributed by atoms with Crippen LogP contribution in [0.15, 0.2) is 47.4 Å². The average Bonchev–Trinajstić information content (AvgIpc) is 3.53. The molecule has 190 valence electrons. The quantitative estimate of drug-likeness (QED) is 0.522. The van der Waals surface area contributed by atoms with E-state index in [1.54, 1.807) is 32.9 Å². The molecule has 34 heavy (non-hydrogen) atoms. The molecule has 7 heteroatoms. The number of hydrogen-bond donors (Lipinski definition) is 2. The van der Waals surface area contributed by atoms with E-state index < -0.39 is 15.6 Å². The third-order valence-electron chi connectivity index (χ3n) is 6.36. The highest BCUT2D eigenvalue weighted by molar-refractivity contribution is 7.89. The lowest BCUT2D eigenvalue weighted by molar-refractivity contribution is 0.102. The number of hydrogen-bond acceptors (Lipinski definition) is 4. The Morgan fingerprint density at radius 3 is 2.24 bits per heavy atom. The van der Waals surface area contributed by atoms with Crippen LogP contribution in [-0.2, 0) is 10.0 Å². The van der Waals surface area contributed by atoms with Gasteiger partial charge in [-0.3, -0.25) is 4.79 Å². The Morgan fingerprint density at radius 1 is 1.00 bits per heavy atom. The predicted molar refractivity (Wildman–Crippen MR) is 144 cm³/mol. The Morgan fingerprint density at radius 2 is 1.65 bits per heavy atom. The van der Waals surface area contributed by atoms with Gasteiger partial charge in [-0.1, -0.05) is 26.0 Å². The van der Waals surface area contributed by atoms with Crippen LogP contribution in [-0.4, -0.2) is 33.0 Å². The fraction of sp³-hybridized carbons (Fsp3) is 0.519. The number of carbonyl (C=O) groups excluding carboxylic acids is 1. The second-order valence-electron chi connectivity index (χ2n) is 10.3.